The molecule has 0 bridgehead atoms. The van der Waals surface area contributed by atoms with Crippen LogP contribution in [0.5, 0.6) is 0 Å². The Labute approximate surface area is 144 Å². The standard InChI is InChI=1S/C18H29N5O/c1-15-13-20-6-3-16(15)4-7-21-18(19-2)23-8-5-17(14-23)22-9-11-24-12-10-22/h3,6,13,17H,4-5,7-12,14H2,1-2H3,(H,19,21). The Hall–Kier alpha value is -1.66. The van der Waals surface area contributed by atoms with Crippen LogP contribution in [0.1, 0.15) is 17.5 Å². The molecule has 1 aromatic heterocycles. The van der Waals surface area contributed by atoms with Gasteiger partial charge in [-0.15, -0.1) is 0 Å². The maximum atomic E-state index is 5.46. The summed E-state index contributed by atoms with van der Waals surface area (Å²) >= 11 is 0. The first kappa shape index (κ1) is 17.2. The summed E-state index contributed by atoms with van der Waals surface area (Å²) in [6.45, 7) is 9.02. The van der Waals surface area contributed by atoms with E-state index in [9.17, 15) is 0 Å². The molecule has 3 heterocycles. The number of ether oxygens (including phenoxy) is 1. The van der Waals surface area contributed by atoms with E-state index in [0.717, 1.165) is 58.3 Å². The van der Waals surface area contributed by atoms with Crippen LogP contribution < -0.4 is 5.32 Å². The second-order valence-corrected chi connectivity index (χ2v) is 6.56. The van der Waals surface area contributed by atoms with Gasteiger partial charge >= 0.3 is 0 Å². The molecular formula is C18H29N5O. The fraction of sp³-hybridized carbons (Fsp3) is 0.667. The Bertz CT molecular complexity index is 556. The first-order chi connectivity index (χ1) is 11.8. The molecule has 2 aliphatic heterocycles. The van der Waals surface area contributed by atoms with Gasteiger partial charge in [-0.1, -0.05) is 0 Å². The molecular weight excluding hydrogens is 302 g/mol. The van der Waals surface area contributed by atoms with Gasteiger partial charge in [0.1, 0.15) is 0 Å². The van der Waals surface area contributed by atoms with E-state index in [1.807, 2.05) is 19.4 Å². The molecule has 0 amide bonds. The number of hydrogen-bond acceptors (Lipinski definition) is 4. The molecule has 0 spiro atoms. The SMILES string of the molecule is CN=C(NCCc1ccncc1C)N1CCC(N2CCOCC2)C1. The van der Waals surface area contributed by atoms with Gasteiger partial charge in [0, 0.05) is 58.2 Å². The van der Waals surface area contributed by atoms with E-state index in [1.165, 1.54) is 17.5 Å². The zero-order valence-corrected chi connectivity index (χ0v) is 14.9. The molecule has 6 nitrogen and oxygen atoms in total. The zero-order chi connectivity index (χ0) is 16.8. The summed E-state index contributed by atoms with van der Waals surface area (Å²) in [5.41, 5.74) is 2.60. The Morgan fingerprint density at radius 3 is 2.96 bits per heavy atom. The molecule has 1 aromatic rings. The van der Waals surface area contributed by atoms with E-state index in [2.05, 4.69) is 38.1 Å². The molecule has 1 unspecified atom stereocenters. The van der Waals surface area contributed by atoms with E-state index in [1.54, 1.807) is 0 Å². The lowest BCUT2D eigenvalue weighted by molar-refractivity contribution is 0.0195. The Morgan fingerprint density at radius 1 is 1.38 bits per heavy atom. The molecule has 3 rings (SSSR count). The van der Waals surface area contributed by atoms with Gasteiger partial charge in [-0.2, -0.15) is 0 Å². The van der Waals surface area contributed by atoms with E-state index >= 15 is 0 Å². The third-order valence-corrected chi connectivity index (χ3v) is 5.05. The number of morpholine rings is 1. The fourth-order valence-electron chi connectivity index (χ4n) is 3.60. The van der Waals surface area contributed by atoms with Crippen molar-refractivity contribution in [3.05, 3.63) is 29.6 Å². The van der Waals surface area contributed by atoms with Gasteiger partial charge in [0.2, 0.25) is 0 Å². The normalized spacial score (nSPS) is 22.8. The molecule has 1 atom stereocenters. The lowest BCUT2D eigenvalue weighted by Gasteiger charge is -2.32. The molecule has 6 heteroatoms. The van der Waals surface area contributed by atoms with E-state index in [0.29, 0.717) is 6.04 Å². The summed E-state index contributed by atoms with van der Waals surface area (Å²) in [7, 11) is 1.88. The van der Waals surface area contributed by atoms with Crippen molar-refractivity contribution in [3.63, 3.8) is 0 Å². The number of nitrogens with zero attached hydrogens (tertiary/aromatic N) is 4. The van der Waals surface area contributed by atoms with Gasteiger partial charge < -0.3 is 15.0 Å². The van der Waals surface area contributed by atoms with E-state index in [-0.39, 0.29) is 0 Å². The third-order valence-electron chi connectivity index (χ3n) is 5.05. The molecule has 0 aromatic carbocycles. The van der Waals surface area contributed by atoms with E-state index in [4.69, 9.17) is 4.74 Å². The highest BCUT2D eigenvalue weighted by Crippen LogP contribution is 2.17. The summed E-state index contributed by atoms with van der Waals surface area (Å²) in [6.07, 6.45) is 6.00. The Morgan fingerprint density at radius 2 is 2.21 bits per heavy atom. The molecule has 2 saturated heterocycles. The van der Waals surface area contributed by atoms with Gasteiger partial charge in [-0.25, -0.2) is 0 Å². The third kappa shape index (κ3) is 4.24. The maximum absolute atomic E-state index is 5.46. The number of likely N-dealkylation sites (tertiary alicyclic amines) is 1. The summed E-state index contributed by atoms with van der Waals surface area (Å²) in [5.74, 6) is 1.03. The lowest BCUT2D eigenvalue weighted by atomic mass is 10.1. The van der Waals surface area contributed by atoms with Gasteiger partial charge in [-0.05, 0) is 37.0 Å². The van der Waals surface area contributed by atoms with Gasteiger partial charge in [0.15, 0.2) is 5.96 Å². The van der Waals surface area contributed by atoms with Gasteiger partial charge in [-0.3, -0.25) is 14.9 Å². The minimum Gasteiger partial charge on any atom is -0.379 e. The predicted molar refractivity (Wildman–Crippen MR) is 96.4 cm³/mol. The lowest BCUT2D eigenvalue weighted by Crippen LogP contribution is -2.46. The molecule has 0 saturated carbocycles. The quantitative estimate of drug-likeness (QED) is 0.657. The van der Waals surface area contributed by atoms with Crippen molar-refractivity contribution in [1.82, 2.24) is 20.1 Å². The predicted octanol–water partition coefficient (Wildman–Crippen LogP) is 0.914. The van der Waals surface area contributed by atoms with Crippen molar-refractivity contribution in [2.75, 3.05) is 53.0 Å². The van der Waals surface area contributed by atoms with Crippen LogP contribution in [0, 0.1) is 6.92 Å². The van der Waals surface area contributed by atoms with E-state index < -0.39 is 0 Å². The first-order valence-corrected chi connectivity index (χ1v) is 8.95. The number of rotatable bonds is 4. The van der Waals surface area contributed by atoms with Crippen LogP contribution in [0.25, 0.3) is 0 Å². The molecule has 0 radical (unpaired) electrons. The molecule has 0 aliphatic carbocycles. The second-order valence-electron chi connectivity index (χ2n) is 6.56. The summed E-state index contributed by atoms with van der Waals surface area (Å²) < 4.78 is 5.46. The Balaban J connectivity index is 1.47. The highest BCUT2D eigenvalue weighted by molar-refractivity contribution is 5.80. The van der Waals surface area contributed by atoms with Crippen molar-refractivity contribution in [2.45, 2.75) is 25.8 Å². The number of pyridine rings is 1. The zero-order valence-electron chi connectivity index (χ0n) is 14.9. The first-order valence-electron chi connectivity index (χ1n) is 8.95. The van der Waals surface area contributed by atoms with Crippen molar-refractivity contribution in [3.8, 4) is 0 Å². The van der Waals surface area contributed by atoms with Gasteiger partial charge in [0.05, 0.1) is 13.2 Å². The van der Waals surface area contributed by atoms with Crippen molar-refractivity contribution < 1.29 is 4.74 Å². The smallest absolute Gasteiger partial charge is 0.193 e. The second kappa shape index (κ2) is 8.44. The molecule has 1 N–H and O–H groups in total. The number of guanidine groups is 1. The number of aryl methyl sites for hydroxylation is 1. The van der Waals surface area contributed by atoms with Crippen LogP contribution in [0.15, 0.2) is 23.5 Å². The van der Waals surface area contributed by atoms with Crippen LogP contribution in [0.2, 0.25) is 0 Å². The van der Waals surface area contributed by atoms with Crippen LogP contribution in [-0.4, -0.2) is 79.8 Å². The topological polar surface area (TPSA) is 53.0 Å². The fourth-order valence-corrected chi connectivity index (χ4v) is 3.60. The van der Waals surface area contributed by atoms with Crippen molar-refractivity contribution >= 4 is 5.96 Å². The summed E-state index contributed by atoms with van der Waals surface area (Å²) in [4.78, 5) is 13.6. The minimum absolute atomic E-state index is 0.634. The summed E-state index contributed by atoms with van der Waals surface area (Å²) in [6, 6.07) is 2.74. The summed E-state index contributed by atoms with van der Waals surface area (Å²) in [5, 5.41) is 3.52. The largest absolute Gasteiger partial charge is 0.379 e. The van der Waals surface area contributed by atoms with Crippen LogP contribution in [-0.2, 0) is 11.2 Å². The number of nitrogens with one attached hydrogen (secondary N) is 1. The average Bonchev–Trinajstić information content (AvgIpc) is 3.11. The highest BCUT2D eigenvalue weighted by atomic mass is 16.5. The molecule has 24 heavy (non-hydrogen) atoms. The van der Waals surface area contributed by atoms with Crippen LogP contribution in [0.4, 0.5) is 0 Å². The van der Waals surface area contributed by atoms with Crippen molar-refractivity contribution in [1.29, 1.82) is 0 Å². The monoisotopic (exact) mass is 331 g/mol. The van der Waals surface area contributed by atoms with Gasteiger partial charge in [0.25, 0.3) is 0 Å². The minimum atomic E-state index is 0.634. The Kier molecular flexibility index (Phi) is 6.04. The molecule has 132 valence electrons. The number of hydrogen-bond donors (Lipinski definition) is 1. The molecule has 2 fully saturated rings. The molecule has 2 aliphatic rings. The van der Waals surface area contributed by atoms with Crippen LogP contribution in [0.3, 0.4) is 0 Å². The highest BCUT2D eigenvalue weighted by Gasteiger charge is 2.30. The number of aliphatic imine (C=N–C) groups is 1. The number of aromatic nitrogens is 1. The average molecular weight is 331 g/mol. The van der Waals surface area contributed by atoms with Crippen LogP contribution >= 0.6 is 0 Å². The maximum Gasteiger partial charge on any atom is 0.193 e. The van der Waals surface area contributed by atoms with Crippen molar-refractivity contribution in [2.24, 2.45) is 4.99 Å².